The second-order valence-corrected chi connectivity index (χ2v) is 3.30. The topological polar surface area (TPSA) is 101 Å². The van der Waals surface area contributed by atoms with E-state index in [-0.39, 0.29) is 11.4 Å². The third-order valence-corrected chi connectivity index (χ3v) is 1.93. The first-order valence-electron chi connectivity index (χ1n) is 4.41. The lowest BCUT2D eigenvalue weighted by Gasteiger charge is -2.12. The van der Waals surface area contributed by atoms with E-state index in [4.69, 9.17) is 10.8 Å². The molecule has 0 fully saturated rings. The van der Waals surface area contributed by atoms with E-state index in [1.807, 2.05) is 0 Å². The van der Waals surface area contributed by atoms with E-state index >= 15 is 0 Å². The van der Waals surface area contributed by atoms with Gasteiger partial charge in [-0.3, -0.25) is 10.1 Å². The van der Waals surface area contributed by atoms with E-state index in [1.165, 1.54) is 19.1 Å². The molecule has 0 aromatic heterocycles. The molecule has 0 radical (unpaired) electrons. The molecule has 0 aliphatic rings. The van der Waals surface area contributed by atoms with E-state index in [2.05, 4.69) is 5.32 Å². The van der Waals surface area contributed by atoms with Crippen LogP contribution in [0.4, 0.5) is 17.1 Å². The van der Waals surface area contributed by atoms with Crippen LogP contribution in [0.3, 0.4) is 0 Å². The molecule has 0 aliphatic heterocycles. The fraction of sp³-hybridized carbons (Fsp3) is 0.333. The van der Waals surface area contributed by atoms with Gasteiger partial charge in [-0.25, -0.2) is 0 Å². The van der Waals surface area contributed by atoms with Crippen molar-refractivity contribution in [2.45, 2.75) is 20.1 Å². The molecular formula is C9H13N3O3. The fourth-order valence-electron chi connectivity index (χ4n) is 1.26. The minimum Gasteiger partial charge on any atom is -0.393 e. The quantitative estimate of drug-likeness (QED) is 0.302. The summed E-state index contributed by atoms with van der Waals surface area (Å²) in [6.45, 7) is 3.28. The van der Waals surface area contributed by atoms with Crippen molar-refractivity contribution >= 4 is 17.1 Å². The Balaban J connectivity index is 3.17. The molecule has 0 amide bonds. The van der Waals surface area contributed by atoms with Gasteiger partial charge in [0, 0.05) is 11.8 Å². The highest BCUT2D eigenvalue weighted by molar-refractivity contribution is 5.69. The van der Waals surface area contributed by atoms with Crippen LogP contribution < -0.4 is 11.1 Å². The van der Waals surface area contributed by atoms with Crippen molar-refractivity contribution in [3.05, 3.63) is 27.8 Å². The Morgan fingerprint density at radius 3 is 2.67 bits per heavy atom. The zero-order valence-electron chi connectivity index (χ0n) is 8.52. The van der Waals surface area contributed by atoms with Crippen LogP contribution in [-0.4, -0.2) is 16.3 Å². The molecule has 6 nitrogen and oxygen atoms in total. The first-order chi connectivity index (χ1) is 6.91. The number of benzene rings is 1. The Bertz CT molecular complexity index is 390. The zero-order valence-corrected chi connectivity index (χ0v) is 8.52. The number of hydrogen-bond acceptors (Lipinski definition) is 5. The summed E-state index contributed by atoms with van der Waals surface area (Å²) < 4.78 is 0. The summed E-state index contributed by atoms with van der Waals surface area (Å²) in [5, 5.41) is 22.4. The van der Waals surface area contributed by atoms with Gasteiger partial charge in [-0.15, -0.1) is 0 Å². The second kappa shape index (κ2) is 4.14. The van der Waals surface area contributed by atoms with E-state index in [0.29, 0.717) is 5.69 Å². The van der Waals surface area contributed by atoms with Crippen molar-refractivity contribution in [2.24, 2.45) is 0 Å². The highest BCUT2D eigenvalue weighted by atomic mass is 16.6. The number of anilines is 2. The molecule has 1 aromatic carbocycles. The first kappa shape index (κ1) is 11.3. The molecule has 0 aliphatic carbocycles. The average molecular weight is 211 g/mol. The number of aryl methyl sites for hydroxylation is 1. The molecule has 82 valence electrons. The van der Waals surface area contributed by atoms with Crippen LogP contribution in [0.1, 0.15) is 12.5 Å². The molecule has 6 heteroatoms. The number of nitrogens with two attached hydrogens (primary N) is 1. The van der Waals surface area contributed by atoms with Gasteiger partial charge in [0.05, 0.1) is 4.92 Å². The number of rotatable bonds is 3. The van der Waals surface area contributed by atoms with Gasteiger partial charge >= 0.3 is 0 Å². The number of aliphatic hydroxyl groups excluding tert-OH is 1. The van der Waals surface area contributed by atoms with Gasteiger partial charge < -0.3 is 16.2 Å². The van der Waals surface area contributed by atoms with E-state index < -0.39 is 11.2 Å². The number of aliphatic hydroxyl groups is 1. The number of nitro groups is 1. The minimum absolute atomic E-state index is 0.119. The largest absolute Gasteiger partial charge is 0.393 e. The van der Waals surface area contributed by atoms with Gasteiger partial charge in [0.15, 0.2) is 0 Å². The number of nitrogen functional groups attached to an aromatic ring is 1. The van der Waals surface area contributed by atoms with Crippen LogP contribution in [0.2, 0.25) is 0 Å². The van der Waals surface area contributed by atoms with Crippen molar-refractivity contribution in [3.8, 4) is 0 Å². The second-order valence-electron chi connectivity index (χ2n) is 3.30. The summed E-state index contributed by atoms with van der Waals surface area (Å²) in [7, 11) is 0. The highest BCUT2D eigenvalue weighted by Crippen LogP contribution is 2.28. The molecule has 0 saturated carbocycles. The molecule has 4 N–H and O–H groups in total. The minimum atomic E-state index is -0.771. The van der Waals surface area contributed by atoms with Crippen molar-refractivity contribution in [1.29, 1.82) is 0 Å². The van der Waals surface area contributed by atoms with Crippen LogP contribution in [0.5, 0.6) is 0 Å². The lowest BCUT2D eigenvalue weighted by molar-refractivity contribution is -0.383. The summed E-state index contributed by atoms with van der Waals surface area (Å²) in [5.74, 6) is 0. The summed E-state index contributed by atoms with van der Waals surface area (Å²) in [6.07, 6.45) is -0.771. The summed E-state index contributed by atoms with van der Waals surface area (Å²) in [4.78, 5) is 10.1. The molecule has 0 heterocycles. The maximum absolute atomic E-state index is 10.6. The first-order valence-corrected chi connectivity index (χ1v) is 4.41. The predicted molar refractivity (Wildman–Crippen MR) is 57.5 cm³/mol. The third-order valence-electron chi connectivity index (χ3n) is 1.93. The Kier molecular flexibility index (Phi) is 3.11. The summed E-state index contributed by atoms with van der Waals surface area (Å²) in [5.41, 5.74) is 6.70. The van der Waals surface area contributed by atoms with Gasteiger partial charge in [-0.1, -0.05) is 0 Å². The molecule has 1 aromatic rings. The molecule has 0 saturated heterocycles. The van der Waals surface area contributed by atoms with Crippen LogP contribution in [-0.2, 0) is 0 Å². The van der Waals surface area contributed by atoms with E-state index in [0.717, 1.165) is 5.56 Å². The molecule has 1 atom stereocenters. The number of nitrogens with one attached hydrogen (secondary N) is 1. The monoisotopic (exact) mass is 211 g/mol. The SMILES string of the molecule is Cc1cc(N)c([N+](=O)[O-])cc1NC(C)O. The summed E-state index contributed by atoms with van der Waals surface area (Å²) in [6, 6.07) is 2.82. The number of hydrogen-bond donors (Lipinski definition) is 3. The fourth-order valence-corrected chi connectivity index (χ4v) is 1.26. The predicted octanol–water partition coefficient (Wildman–Crippen LogP) is 1.24. The van der Waals surface area contributed by atoms with Crippen LogP contribution >= 0.6 is 0 Å². The molecule has 1 rings (SSSR count). The molecule has 0 bridgehead atoms. The maximum atomic E-state index is 10.6. The zero-order chi connectivity index (χ0) is 11.6. The summed E-state index contributed by atoms with van der Waals surface area (Å²) >= 11 is 0. The highest BCUT2D eigenvalue weighted by Gasteiger charge is 2.14. The molecule has 1 unspecified atom stereocenters. The number of nitro benzene ring substituents is 1. The van der Waals surface area contributed by atoms with Gasteiger partial charge in [-0.05, 0) is 25.5 Å². The Morgan fingerprint density at radius 2 is 2.20 bits per heavy atom. The van der Waals surface area contributed by atoms with Crippen LogP contribution in [0.25, 0.3) is 0 Å². The van der Waals surface area contributed by atoms with Crippen LogP contribution in [0.15, 0.2) is 12.1 Å². The average Bonchev–Trinajstić information content (AvgIpc) is 2.08. The van der Waals surface area contributed by atoms with E-state index in [1.54, 1.807) is 6.92 Å². The molecule has 0 spiro atoms. The van der Waals surface area contributed by atoms with Crippen LogP contribution in [0, 0.1) is 17.0 Å². The molecular weight excluding hydrogens is 198 g/mol. The standard InChI is InChI=1S/C9H13N3O3/c1-5-3-7(10)9(12(14)15)4-8(5)11-6(2)13/h3-4,6,11,13H,10H2,1-2H3. The smallest absolute Gasteiger partial charge is 0.294 e. The van der Waals surface area contributed by atoms with Crippen molar-refractivity contribution in [1.82, 2.24) is 0 Å². The van der Waals surface area contributed by atoms with Gasteiger partial charge in [0.1, 0.15) is 11.9 Å². The molecule has 15 heavy (non-hydrogen) atoms. The lowest BCUT2D eigenvalue weighted by atomic mass is 10.1. The normalized spacial score (nSPS) is 12.2. The Labute approximate surface area is 86.9 Å². The Morgan fingerprint density at radius 1 is 1.60 bits per heavy atom. The van der Waals surface area contributed by atoms with Gasteiger partial charge in [-0.2, -0.15) is 0 Å². The van der Waals surface area contributed by atoms with E-state index in [9.17, 15) is 10.1 Å². The van der Waals surface area contributed by atoms with Gasteiger partial charge in [0.25, 0.3) is 5.69 Å². The van der Waals surface area contributed by atoms with Crippen molar-refractivity contribution in [3.63, 3.8) is 0 Å². The Hall–Kier alpha value is -1.82. The van der Waals surface area contributed by atoms with Crippen molar-refractivity contribution in [2.75, 3.05) is 11.1 Å². The maximum Gasteiger partial charge on any atom is 0.294 e. The lowest BCUT2D eigenvalue weighted by Crippen LogP contribution is -2.14. The third kappa shape index (κ3) is 2.57. The number of nitrogens with zero attached hydrogens (tertiary/aromatic N) is 1. The van der Waals surface area contributed by atoms with Crippen molar-refractivity contribution < 1.29 is 10.0 Å². The van der Waals surface area contributed by atoms with Gasteiger partial charge in [0.2, 0.25) is 0 Å².